The number of aromatic nitrogens is 1. The lowest BCUT2D eigenvalue weighted by Gasteiger charge is -2.01. The first-order valence-corrected chi connectivity index (χ1v) is 6.23. The number of rotatable bonds is 3. The monoisotopic (exact) mass is 247 g/mol. The van der Waals surface area contributed by atoms with E-state index in [2.05, 4.69) is 15.6 Å². The first kappa shape index (κ1) is 11.6. The second-order valence-electron chi connectivity index (χ2n) is 3.39. The Hall–Kier alpha value is -1.88. The molecule has 4 nitrogen and oxygen atoms in total. The average molecular weight is 247 g/mol. The van der Waals surface area contributed by atoms with Gasteiger partial charge in [0.25, 0.3) is 0 Å². The fourth-order valence-corrected chi connectivity index (χ4v) is 2.09. The number of carbonyl (C=O) groups excluding carboxylic acids is 1. The number of carbonyl (C=O) groups is 1. The van der Waals surface area contributed by atoms with Gasteiger partial charge >= 0.3 is 6.03 Å². The summed E-state index contributed by atoms with van der Waals surface area (Å²) in [6, 6.07) is 9.65. The Labute approximate surface area is 104 Å². The number of amides is 2. The van der Waals surface area contributed by atoms with E-state index in [4.69, 9.17) is 0 Å². The van der Waals surface area contributed by atoms with Gasteiger partial charge in [0.15, 0.2) is 5.13 Å². The number of nitrogens with one attached hydrogen (secondary N) is 2. The van der Waals surface area contributed by atoms with Gasteiger partial charge in [0.1, 0.15) is 0 Å². The number of benzene rings is 1. The fourth-order valence-electron chi connectivity index (χ4n) is 1.37. The Morgan fingerprint density at radius 2 is 2.12 bits per heavy atom. The highest BCUT2D eigenvalue weighted by Crippen LogP contribution is 2.24. The van der Waals surface area contributed by atoms with Crippen LogP contribution in [0.4, 0.5) is 9.93 Å². The fraction of sp³-hybridized carbons (Fsp3) is 0.167. The molecule has 2 amide bonds. The SMILES string of the molecule is CCNC(=O)Nc1nc(-c2ccccc2)cs1. The second kappa shape index (κ2) is 5.45. The molecule has 0 saturated heterocycles. The van der Waals surface area contributed by atoms with Crippen molar-refractivity contribution in [1.29, 1.82) is 0 Å². The molecular formula is C12H13N3OS. The third-order valence-electron chi connectivity index (χ3n) is 2.13. The molecule has 0 fully saturated rings. The number of hydrogen-bond acceptors (Lipinski definition) is 3. The smallest absolute Gasteiger partial charge is 0.321 e. The Kier molecular flexibility index (Phi) is 3.72. The molecule has 1 aromatic carbocycles. The summed E-state index contributed by atoms with van der Waals surface area (Å²) in [6.45, 7) is 2.47. The van der Waals surface area contributed by atoms with E-state index in [9.17, 15) is 4.79 Å². The number of anilines is 1. The predicted molar refractivity (Wildman–Crippen MR) is 70.2 cm³/mol. The van der Waals surface area contributed by atoms with Crippen LogP contribution in [0.25, 0.3) is 11.3 Å². The topological polar surface area (TPSA) is 54.0 Å². The van der Waals surface area contributed by atoms with Gasteiger partial charge in [-0.2, -0.15) is 0 Å². The highest BCUT2D eigenvalue weighted by molar-refractivity contribution is 7.14. The highest BCUT2D eigenvalue weighted by atomic mass is 32.1. The van der Waals surface area contributed by atoms with E-state index in [1.807, 2.05) is 42.6 Å². The van der Waals surface area contributed by atoms with Gasteiger partial charge in [-0.25, -0.2) is 9.78 Å². The van der Waals surface area contributed by atoms with Crippen molar-refractivity contribution in [2.24, 2.45) is 0 Å². The zero-order chi connectivity index (χ0) is 12.1. The molecule has 0 spiro atoms. The molecule has 2 N–H and O–H groups in total. The molecule has 0 unspecified atom stereocenters. The molecule has 0 atom stereocenters. The molecule has 1 heterocycles. The van der Waals surface area contributed by atoms with Gasteiger partial charge in [-0.15, -0.1) is 11.3 Å². The van der Waals surface area contributed by atoms with Gasteiger partial charge < -0.3 is 5.32 Å². The van der Waals surface area contributed by atoms with Crippen LogP contribution in [0.5, 0.6) is 0 Å². The van der Waals surface area contributed by atoms with Gasteiger partial charge in [0.05, 0.1) is 5.69 Å². The lowest BCUT2D eigenvalue weighted by atomic mass is 10.2. The lowest BCUT2D eigenvalue weighted by Crippen LogP contribution is -2.28. The van der Waals surface area contributed by atoms with Crippen molar-refractivity contribution in [3.8, 4) is 11.3 Å². The van der Waals surface area contributed by atoms with Gasteiger partial charge in [0.2, 0.25) is 0 Å². The third-order valence-corrected chi connectivity index (χ3v) is 2.89. The highest BCUT2D eigenvalue weighted by Gasteiger charge is 2.06. The van der Waals surface area contributed by atoms with Gasteiger partial charge in [-0.1, -0.05) is 30.3 Å². The van der Waals surface area contributed by atoms with Crippen LogP contribution in [0.15, 0.2) is 35.7 Å². The van der Waals surface area contributed by atoms with Crippen LogP contribution >= 0.6 is 11.3 Å². The molecule has 0 aliphatic rings. The summed E-state index contributed by atoms with van der Waals surface area (Å²) < 4.78 is 0. The summed E-state index contributed by atoms with van der Waals surface area (Å²) in [4.78, 5) is 15.7. The molecule has 0 aliphatic carbocycles. The van der Waals surface area contributed by atoms with E-state index in [1.54, 1.807) is 0 Å². The molecule has 88 valence electrons. The Morgan fingerprint density at radius 1 is 1.35 bits per heavy atom. The number of urea groups is 1. The van der Waals surface area contributed by atoms with Crippen molar-refractivity contribution in [3.63, 3.8) is 0 Å². The lowest BCUT2D eigenvalue weighted by molar-refractivity contribution is 0.252. The van der Waals surface area contributed by atoms with Crippen LogP contribution < -0.4 is 10.6 Å². The van der Waals surface area contributed by atoms with Crippen molar-refractivity contribution < 1.29 is 4.79 Å². The maximum atomic E-state index is 11.3. The number of nitrogens with zero attached hydrogens (tertiary/aromatic N) is 1. The summed E-state index contributed by atoms with van der Waals surface area (Å²) in [5.74, 6) is 0. The van der Waals surface area contributed by atoms with Crippen molar-refractivity contribution >= 4 is 22.5 Å². The largest absolute Gasteiger partial charge is 0.338 e. The molecule has 0 bridgehead atoms. The van der Waals surface area contributed by atoms with Crippen molar-refractivity contribution in [3.05, 3.63) is 35.7 Å². The first-order chi connectivity index (χ1) is 8.29. The second-order valence-corrected chi connectivity index (χ2v) is 4.25. The van der Waals surface area contributed by atoms with Crippen LogP contribution in [0, 0.1) is 0 Å². The summed E-state index contributed by atoms with van der Waals surface area (Å²) in [5.41, 5.74) is 1.93. The molecule has 0 aliphatic heterocycles. The maximum Gasteiger partial charge on any atom is 0.321 e. The Bertz CT molecular complexity index is 495. The molecule has 0 radical (unpaired) electrons. The van der Waals surface area contributed by atoms with Gasteiger partial charge in [-0.05, 0) is 6.92 Å². The van der Waals surface area contributed by atoms with E-state index >= 15 is 0 Å². The molecular weight excluding hydrogens is 234 g/mol. The van der Waals surface area contributed by atoms with E-state index in [0.29, 0.717) is 11.7 Å². The molecule has 5 heteroatoms. The van der Waals surface area contributed by atoms with Crippen LogP contribution in [0.1, 0.15) is 6.92 Å². The maximum absolute atomic E-state index is 11.3. The third kappa shape index (κ3) is 3.04. The normalized spacial score (nSPS) is 9.94. The molecule has 2 rings (SSSR count). The molecule has 17 heavy (non-hydrogen) atoms. The van der Waals surface area contributed by atoms with Gasteiger partial charge in [-0.3, -0.25) is 5.32 Å². The Morgan fingerprint density at radius 3 is 2.82 bits per heavy atom. The first-order valence-electron chi connectivity index (χ1n) is 5.35. The van der Waals surface area contributed by atoms with Crippen molar-refractivity contribution in [2.75, 3.05) is 11.9 Å². The van der Waals surface area contributed by atoms with Crippen molar-refractivity contribution in [2.45, 2.75) is 6.92 Å². The minimum absolute atomic E-state index is 0.221. The number of hydrogen-bond donors (Lipinski definition) is 2. The zero-order valence-electron chi connectivity index (χ0n) is 9.43. The molecule has 1 aromatic heterocycles. The van der Waals surface area contributed by atoms with Gasteiger partial charge in [0, 0.05) is 17.5 Å². The van der Waals surface area contributed by atoms with E-state index in [1.165, 1.54) is 11.3 Å². The minimum atomic E-state index is -0.221. The van der Waals surface area contributed by atoms with Crippen LogP contribution in [-0.2, 0) is 0 Å². The number of thiazole rings is 1. The zero-order valence-corrected chi connectivity index (χ0v) is 10.3. The quantitative estimate of drug-likeness (QED) is 0.876. The summed E-state index contributed by atoms with van der Waals surface area (Å²) in [5, 5.41) is 7.88. The summed E-state index contributed by atoms with van der Waals surface area (Å²) in [6.07, 6.45) is 0. The predicted octanol–water partition coefficient (Wildman–Crippen LogP) is 2.95. The summed E-state index contributed by atoms with van der Waals surface area (Å²) in [7, 11) is 0. The van der Waals surface area contributed by atoms with E-state index < -0.39 is 0 Å². The van der Waals surface area contributed by atoms with E-state index in [-0.39, 0.29) is 6.03 Å². The van der Waals surface area contributed by atoms with Crippen LogP contribution in [-0.4, -0.2) is 17.6 Å². The average Bonchev–Trinajstić information content (AvgIpc) is 2.79. The summed E-state index contributed by atoms with van der Waals surface area (Å²) >= 11 is 1.42. The molecule has 2 aromatic rings. The molecule has 0 saturated carbocycles. The van der Waals surface area contributed by atoms with Crippen molar-refractivity contribution in [1.82, 2.24) is 10.3 Å². The Balaban J connectivity index is 2.09. The van der Waals surface area contributed by atoms with Crippen LogP contribution in [0.2, 0.25) is 0 Å². The minimum Gasteiger partial charge on any atom is -0.338 e. The van der Waals surface area contributed by atoms with E-state index in [0.717, 1.165) is 11.3 Å². The standard InChI is InChI=1S/C12H13N3OS/c1-2-13-11(16)15-12-14-10(8-17-12)9-6-4-3-5-7-9/h3-8H,2H2,1H3,(H2,13,14,15,16). The van der Waals surface area contributed by atoms with Crippen LogP contribution in [0.3, 0.4) is 0 Å².